The molecule has 19 heavy (non-hydrogen) atoms. The van der Waals surface area contributed by atoms with Gasteiger partial charge in [0.25, 0.3) is 5.91 Å². The Hall–Kier alpha value is -1.61. The molecule has 0 fully saturated rings. The van der Waals surface area contributed by atoms with E-state index in [2.05, 4.69) is 31.3 Å². The van der Waals surface area contributed by atoms with Crippen molar-refractivity contribution in [3.8, 4) is 0 Å². The zero-order chi connectivity index (χ0) is 13.7. The summed E-state index contributed by atoms with van der Waals surface area (Å²) in [5.74, 6) is 0.0451. The molecule has 1 aromatic carbocycles. The van der Waals surface area contributed by atoms with Crippen molar-refractivity contribution in [1.82, 2.24) is 5.32 Å². The molecule has 1 heterocycles. The first-order valence-corrected chi connectivity index (χ1v) is 7.43. The van der Waals surface area contributed by atoms with Gasteiger partial charge in [0.1, 0.15) is 0 Å². The van der Waals surface area contributed by atoms with Crippen molar-refractivity contribution in [2.45, 2.75) is 26.7 Å². The summed E-state index contributed by atoms with van der Waals surface area (Å²) in [6.07, 6.45) is 1.87. The summed E-state index contributed by atoms with van der Waals surface area (Å²) in [7, 11) is 0. The standard InChI is InChI=1S/C16H19NOS/c1-3-14-12(2)11-15(19-14)16(18)17-10-9-13-7-5-4-6-8-13/h4-8,11H,3,9-10H2,1-2H3,(H,17,18). The van der Waals surface area contributed by atoms with Crippen LogP contribution in [0.4, 0.5) is 0 Å². The first kappa shape index (κ1) is 13.8. The molecule has 0 atom stereocenters. The highest BCUT2D eigenvalue weighted by Gasteiger charge is 2.10. The van der Waals surface area contributed by atoms with E-state index in [4.69, 9.17) is 0 Å². The largest absolute Gasteiger partial charge is 0.351 e. The highest BCUT2D eigenvalue weighted by atomic mass is 32.1. The SMILES string of the molecule is CCc1sc(C(=O)NCCc2ccccc2)cc1C. The topological polar surface area (TPSA) is 29.1 Å². The van der Waals surface area contributed by atoms with Gasteiger partial charge in [-0.05, 0) is 37.0 Å². The summed E-state index contributed by atoms with van der Waals surface area (Å²) in [4.78, 5) is 14.1. The molecular formula is C16H19NOS. The van der Waals surface area contributed by atoms with Crippen LogP contribution in [-0.4, -0.2) is 12.5 Å². The number of carbonyl (C=O) groups excluding carboxylic acids is 1. The van der Waals surface area contributed by atoms with Gasteiger partial charge in [-0.25, -0.2) is 0 Å². The Bertz CT molecular complexity index is 545. The van der Waals surface area contributed by atoms with Crippen LogP contribution in [0, 0.1) is 6.92 Å². The van der Waals surface area contributed by atoms with Gasteiger partial charge in [-0.15, -0.1) is 11.3 Å². The van der Waals surface area contributed by atoms with Crippen LogP contribution in [0.15, 0.2) is 36.4 Å². The lowest BCUT2D eigenvalue weighted by atomic mass is 10.1. The van der Waals surface area contributed by atoms with Gasteiger partial charge in [-0.2, -0.15) is 0 Å². The lowest BCUT2D eigenvalue weighted by Crippen LogP contribution is -2.24. The fourth-order valence-electron chi connectivity index (χ4n) is 2.03. The van der Waals surface area contributed by atoms with Gasteiger partial charge in [0.05, 0.1) is 4.88 Å². The number of carbonyl (C=O) groups is 1. The molecule has 2 nitrogen and oxygen atoms in total. The van der Waals surface area contributed by atoms with Crippen LogP contribution in [0.25, 0.3) is 0 Å². The summed E-state index contributed by atoms with van der Waals surface area (Å²) in [6, 6.07) is 12.2. The molecule has 0 aliphatic heterocycles. The van der Waals surface area contributed by atoms with E-state index in [0.29, 0.717) is 6.54 Å². The number of rotatable bonds is 5. The molecule has 1 aromatic heterocycles. The van der Waals surface area contributed by atoms with Crippen molar-refractivity contribution >= 4 is 17.2 Å². The number of nitrogens with one attached hydrogen (secondary N) is 1. The average Bonchev–Trinajstić information content (AvgIpc) is 2.81. The molecule has 0 spiro atoms. The summed E-state index contributed by atoms with van der Waals surface area (Å²) in [6.45, 7) is 4.87. The molecular weight excluding hydrogens is 254 g/mol. The van der Waals surface area contributed by atoms with E-state index in [1.807, 2.05) is 24.3 Å². The third kappa shape index (κ3) is 3.67. The second-order valence-corrected chi connectivity index (χ2v) is 5.70. The molecule has 1 N–H and O–H groups in total. The van der Waals surface area contributed by atoms with Crippen molar-refractivity contribution in [1.29, 1.82) is 0 Å². The predicted molar refractivity (Wildman–Crippen MR) is 80.9 cm³/mol. The number of hydrogen-bond donors (Lipinski definition) is 1. The van der Waals surface area contributed by atoms with E-state index in [9.17, 15) is 4.79 Å². The van der Waals surface area contributed by atoms with Crippen molar-refractivity contribution in [3.63, 3.8) is 0 Å². The monoisotopic (exact) mass is 273 g/mol. The van der Waals surface area contributed by atoms with Gasteiger partial charge < -0.3 is 5.32 Å². The smallest absolute Gasteiger partial charge is 0.261 e. The second kappa shape index (κ2) is 6.53. The van der Waals surface area contributed by atoms with Gasteiger partial charge in [0.2, 0.25) is 0 Å². The van der Waals surface area contributed by atoms with E-state index in [0.717, 1.165) is 17.7 Å². The third-order valence-corrected chi connectivity index (χ3v) is 4.49. The Morgan fingerprint density at radius 1 is 1.26 bits per heavy atom. The summed E-state index contributed by atoms with van der Waals surface area (Å²) < 4.78 is 0. The van der Waals surface area contributed by atoms with E-state index < -0.39 is 0 Å². The van der Waals surface area contributed by atoms with Gasteiger partial charge >= 0.3 is 0 Å². The van der Waals surface area contributed by atoms with Gasteiger partial charge in [0.15, 0.2) is 0 Å². The molecule has 0 bridgehead atoms. The maximum atomic E-state index is 12.0. The minimum atomic E-state index is 0.0451. The second-order valence-electron chi connectivity index (χ2n) is 4.56. The van der Waals surface area contributed by atoms with Crippen molar-refractivity contribution in [3.05, 3.63) is 57.3 Å². The molecule has 3 heteroatoms. The molecule has 0 unspecified atom stereocenters. The van der Waals surface area contributed by atoms with E-state index >= 15 is 0 Å². The Kier molecular flexibility index (Phi) is 4.74. The molecule has 2 aromatic rings. The summed E-state index contributed by atoms with van der Waals surface area (Å²) >= 11 is 1.60. The maximum absolute atomic E-state index is 12.0. The third-order valence-electron chi connectivity index (χ3n) is 3.11. The Balaban J connectivity index is 1.87. The maximum Gasteiger partial charge on any atom is 0.261 e. The lowest BCUT2D eigenvalue weighted by Gasteiger charge is -2.03. The molecule has 100 valence electrons. The summed E-state index contributed by atoms with van der Waals surface area (Å²) in [5, 5.41) is 2.98. The van der Waals surface area contributed by atoms with Crippen molar-refractivity contribution in [2.75, 3.05) is 6.54 Å². The van der Waals surface area contributed by atoms with Crippen LogP contribution in [-0.2, 0) is 12.8 Å². The van der Waals surface area contributed by atoms with E-state index in [1.165, 1.54) is 16.0 Å². The highest BCUT2D eigenvalue weighted by Crippen LogP contribution is 2.22. The number of aryl methyl sites for hydroxylation is 2. The quantitative estimate of drug-likeness (QED) is 0.886. The molecule has 2 rings (SSSR count). The van der Waals surface area contributed by atoms with E-state index in [-0.39, 0.29) is 5.91 Å². The number of thiophene rings is 1. The van der Waals surface area contributed by atoms with Crippen molar-refractivity contribution in [2.24, 2.45) is 0 Å². The minimum absolute atomic E-state index is 0.0451. The molecule has 1 amide bonds. The zero-order valence-corrected chi connectivity index (χ0v) is 12.2. The van der Waals surface area contributed by atoms with Crippen LogP contribution in [0.3, 0.4) is 0 Å². The number of amides is 1. The van der Waals surface area contributed by atoms with Gasteiger partial charge in [-0.3, -0.25) is 4.79 Å². The van der Waals surface area contributed by atoms with Crippen LogP contribution in [0.1, 0.15) is 32.6 Å². The van der Waals surface area contributed by atoms with Crippen LogP contribution >= 0.6 is 11.3 Å². The van der Waals surface area contributed by atoms with Crippen LogP contribution in [0.2, 0.25) is 0 Å². The normalized spacial score (nSPS) is 10.4. The fourth-order valence-corrected chi connectivity index (χ4v) is 3.07. The Morgan fingerprint density at radius 2 is 2.00 bits per heavy atom. The molecule has 0 saturated carbocycles. The fraction of sp³-hybridized carbons (Fsp3) is 0.312. The van der Waals surface area contributed by atoms with Crippen molar-refractivity contribution < 1.29 is 4.79 Å². The summed E-state index contributed by atoms with van der Waals surface area (Å²) in [5.41, 5.74) is 2.47. The molecule has 0 radical (unpaired) electrons. The highest BCUT2D eigenvalue weighted by molar-refractivity contribution is 7.14. The first-order chi connectivity index (χ1) is 9.20. The van der Waals surface area contributed by atoms with Crippen LogP contribution in [0.5, 0.6) is 0 Å². The molecule has 0 aliphatic rings. The number of hydrogen-bond acceptors (Lipinski definition) is 2. The lowest BCUT2D eigenvalue weighted by molar-refractivity contribution is 0.0958. The zero-order valence-electron chi connectivity index (χ0n) is 11.4. The molecule has 0 aliphatic carbocycles. The first-order valence-electron chi connectivity index (χ1n) is 6.62. The Labute approximate surface area is 118 Å². The van der Waals surface area contributed by atoms with E-state index in [1.54, 1.807) is 11.3 Å². The number of benzene rings is 1. The average molecular weight is 273 g/mol. The van der Waals surface area contributed by atoms with Gasteiger partial charge in [-0.1, -0.05) is 37.3 Å². The minimum Gasteiger partial charge on any atom is -0.351 e. The molecule has 0 saturated heterocycles. The Morgan fingerprint density at radius 3 is 2.63 bits per heavy atom. The van der Waals surface area contributed by atoms with Gasteiger partial charge in [0, 0.05) is 11.4 Å². The predicted octanol–water partition coefficient (Wildman–Crippen LogP) is 3.59. The van der Waals surface area contributed by atoms with Crippen LogP contribution < -0.4 is 5.32 Å².